The molecule has 1 aliphatic rings. The second-order valence-corrected chi connectivity index (χ2v) is 21.4. The smallest absolute Gasteiger partial charge is 0.305 e. The highest BCUT2D eigenvalue weighted by Gasteiger charge is 2.44. The number of amides is 1. The second kappa shape index (κ2) is 50.6. The summed E-state index contributed by atoms with van der Waals surface area (Å²) in [6.07, 6.45) is 48.9. The first-order valence-electron chi connectivity index (χ1n) is 30.5. The number of unbranched alkanes of at least 4 members (excludes halogenated alkanes) is 39. The molecule has 0 radical (unpaired) electrons. The average molecular weight is 1010 g/mol. The van der Waals surface area contributed by atoms with Gasteiger partial charge in [-0.1, -0.05) is 264 Å². The predicted octanol–water partition coefficient (Wildman–Crippen LogP) is 14.0. The van der Waals surface area contributed by atoms with E-state index < -0.39 is 49.5 Å². The molecular weight excluding hydrogens is 895 g/mol. The first kappa shape index (κ1) is 67.4. The van der Waals surface area contributed by atoms with Gasteiger partial charge in [-0.2, -0.15) is 0 Å². The average Bonchev–Trinajstić information content (AvgIpc) is 3.37. The van der Waals surface area contributed by atoms with Gasteiger partial charge in [0, 0.05) is 12.8 Å². The number of carbonyl (C=O) groups excluding carboxylic acids is 2. The van der Waals surface area contributed by atoms with E-state index in [2.05, 4.69) is 19.2 Å². The van der Waals surface area contributed by atoms with E-state index in [4.69, 9.17) is 14.2 Å². The van der Waals surface area contributed by atoms with Gasteiger partial charge in [0.1, 0.15) is 24.4 Å². The first-order valence-corrected chi connectivity index (χ1v) is 30.5. The molecule has 420 valence electrons. The van der Waals surface area contributed by atoms with Crippen molar-refractivity contribution in [1.29, 1.82) is 0 Å². The zero-order valence-electron chi connectivity index (χ0n) is 46.2. The summed E-state index contributed by atoms with van der Waals surface area (Å²) in [6, 6.07) is -0.808. The van der Waals surface area contributed by atoms with Gasteiger partial charge in [0.25, 0.3) is 0 Å². The number of hydrogen-bond acceptors (Lipinski definition) is 10. The molecule has 1 rings (SSSR count). The van der Waals surface area contributed by atoms with Crippen LogP contribution >= 0.6 is 0 Å². The standard InChI is InChI=1S/C60H115NO10/c1-3-5-7-9-11-13-27-32-36-40-44-48-56(65)69-49-45-41-37-33-29-26-24-22-20-18-16-15-17-19-21-23-25-28-31-35-39-43-47-55(64)61-52(51-70-60-59(68)58(67)57(66)54(50-62)71-60)53(63)46-42-38-34-30-14-12-10-8-6-4-2/h42,46,52-54,57-60,62-63,66-68H,3-41,43-45,47-51H2,1-2H3,(H,61,64)/b46-42+. The van der Waals surface area contributed by atoms with Crippen LogP contribution in [0.4, 0.5) is 0 Å². The van der Waals surface area contributed by atoms with E-state index in [1.54, 1.807) is 6.08 Å². The SMILES string of the molecule is CCCCCCCCCC/C=C/C(O)C(COC1OC(CO)C(O)C(O)C1O)NC(=O)CCCCCCCCCCCCCCCCCCCCCCCCOC(=O)CCCCCCCCCCCCC. The van der Waals surface area contributed by atoms with Crippen molar-refractivity contribution in [2.24, 2.45) is 0 Å². The summed E-state index contributed by atoms with van der Waals surface area (Å²) in [4.78, 5) is 25.0. The normalized spacial score (nSPS) is 19.1. The molecule has 0 aromatic rings. The lowest BCUT2D eigenvalue weighted by molar-refractivity contribution is -0.302. The highest BCUT2D eigenvalue weighted by atomic mass is 16.7. The number of nitrogens with one attached hydrogen (secondary N) is 1. The minimum Gasteiger partial charge on any atom is -0.466 e. The number of aliphatic hydroxyl groups excluding tert-OH is 5. The molecule has 0 spiro atoms. The maximum Gasteiger partial charge on any atom is 0.305 e. The van der Waals surface area contributed by atoms with E-state index >= 15 is 0 Å². The molecule has 6 N–H and O–H groups in total. The molecule has 0 aliphatic carbocycles. The summed E-state index contributed by atoms with van der Waals surface area (Å²) in [5, 5.41) is 54.3. The van der Waals surface area contributed by atoms with Gasteiger partial charge in [-0.25, -0.2) is 0 Å². The van der Waals surface area contributed by atoms with Crippen LogP contribution in [-0.4, -0.2) is 100 Å². The minimum absolute atomic E-state index is 0.000862. The zero-order chi connectivity index (χ0) is 51.7. The van der Waals surface area contributed by atoms with Gasteiger partial charge in [-0.15, -0.1) is 0 Å². The largest absolute Gasteiger partial charge is 0.466 e. The number of carbonyl (C=O) groups is 2. The number of aliphatic hydroxyl groups is 5. The molecule has 1 aliphatic heterocycles. The molecule has 1 amide bonds. The maximum atomic E-state index is 13.0. The second-order valence-electron chi connectivity index (χ2n) is 21.4. The van der Waals surface area contributed by atoms with E-state index in [0.717, 1.165) is 57.8 Å². The fourth-order valence-corrected chi connectivity index (χ4v) is 9.79. The van der Waals surface area contributed by atoms with Gasteiger partial charge < -0.3 is 45.1 Å². The Bertz CT molecular complexity index is 1190. The van der Waals surface area contributed by atoms with Crippen molar-refractivity contribution in [3.8, 4) is 0 Å². The number of ether oxygens (including phenoxy) is 3. The lowest BCUT2D eigenvalue weighted by Gasteiger charge is -2.40. The Balaban J connectivity index is 2.01. The Hall–Kier alpha value is -1.60. The van der Waals surface area contributed by atoms with Crippen LogP contribution in [0.3, 0.4) is 0 Å². The highest BCUT2D eigenvalue weighted by Crippen LogP contribution is 2.23. The summed E-state index contributed by atoms with van der Waals surface area (Å²) in [5.41, 5.74) is 0. The predicted molar refractivity (Wildman–Crippen MR) is 292 cm³/mol. The molecule has 7 unspecified atom stereocenters. The topological polar surface area (TPSA) is 175 Å². The summed E-state index contributed by atoms with van der Waals surface area (Å²) >= 11 is 0. The Morgan fingerprint density at radius 2 is 0.887 bits per heavy atom. The van der Waals surface area contributed by atoms with E-state index in [1.165, 1.54) is 212 Å². The molecule has 7 atom stereocenters. The van der Waals surface area contributed by atoms with Gasteiger partial charge >= 0.3 is 5.97 Å². The Labute approximate surface area is 436 Å². The number of esters is 1. The third-order valence-electron chi connectivity index (χ3n) is 14.7. The van der Waals surface area contributed by atoms with E-state index in [1.807, 2.05) is 6.08 Å². The van der Waals surface area contributed by atoms with E-state index in [0.29, 0.717) is 19.4 Å². The molecule has 1 saturated heterocycles. The quantitative estimate of drug-likeness (QED) is 0.0195. The first-order chi connectivity index (χ1) is 34.7. The maximum absolute atomic E-state index is 13.0. The fraction of sp³-hybridized carbons (Fsp3) is 0.933. The van der Waals surface area contributed by atoms with E-state index in [9.17, 15) is 35.1 Å². The highest BCUT2D eigenvalue weighted by molar-refractivity contribution is 5.76. The molecule has 0 aromatic carbocycles. The monoisotopic (exact) mass is 1010 g/mol. The molecule has 0 aromatic heterocycles. The lowest BCUT2D eigenvalue weighted by atomic mass is 9.99. The minimum atomic E-state index is -1.57. The number of allylic oxidation sites excluding steroid dienone is 1. The molecule has 1 fully saturated rings. The summed E-state index contributed by atoms with van der Waals surface area (Å²) in [5.74, 6) is -0.181. The molecule has 11 heteroatoms. The van der Waals surface area contributed by atoms with Gasteiger partial charge in [-0.05, 0) is 32.1 Å². The van der Waals surface area contributed by atoms with Crippen LogP contribution in [-0.2, 0) is 23.8 Å². The van der Waals surface area contributed by atoms with Crippen molar-refractivity contribution in [3.63, 3.8) is 0 Å². The van der Waals surface area contributed by atoms with Crippen molar-refractivity contribution >= 4 is 11.9 Å². The molecular formula is C60H115NO10. The summed E-state index contributed by atoms with van der Waals surface area (Å²) in [7, 11) is 0. The van der Waals surface area contributed by atoms with Crippen molar-refractivity contribution in [1.82, 2.24) is 5.32 Å². The molecule has 0 saturated carbocycles. The summed E-state index contributed by atoms with van der Waals surface area (Å²) < 4.78 is 16.7. The van der Waals surface area contributed by atoms with Crippen LogP contribution in [0.2, 0.25) is 0 Å². The van der Waals surface area contributed by atoms with E-state index in [-0.39, 0.29) is 18.5 Å². The van der Waals surface area contributed by atoms with Crippen LogP contribution in [0.15, 0.2) is 12.2 Å². The number of rotatable bonds is 53. The van der Waals surface area contributed by atoms with Gasteiger partial charge in [0.2, 0.25) is 5.91 Å². The third-order valence-corrected chi connectivity index (χ3v) is 14.7. The Morgan fingerprint density at radius 1 is 0.507 bits per heavy atom. The van der Waals surface area contributed by atoms with Gasteiger partial charge in [0.15, 0.2) is 6.29 Å². The number of hydrogen-bond donors (Lipinski definition) is 6. The molecule has 0 bridgehead atoms. The van der Waals surface area contributed by atoms with Crippen molar-refractivity contribution < 1.29 is 49.3 Å². The molecule has 1 heterocycles. The van der Waals surface area contributed by atoms with Crippen LogP contribution in [0.1, 0.15) is 296 Å². The zero-order valence-corrected chi connectivity index (χ0v) is 46.2. The lowest BCUT2D eigenvalue weighted by Crippen LogP contribution is -2.60. The van der Waals surface area contributed by atoms with Crippen LogP contribution in [0.25, 0.3) is 0 Å². The van der Waals surface area contributed by atoms with Crippen molar-refractivity contribution in [2.45, 2.75) is 339 Å². The van der Waals surface area contributed by atoms with Crippen LogP contribution in [0.5, 0.6) is 0 Å². The van der Waals surface area contributed by atoms with Gasteiger partial charge in [0.05, 0.1) is 32.0 Å². The molecule has 71 heavy (non-hydrogen) atoms. The Morgan fingerprint density at radius 3 is 1.31 bits per heavy atom. The van der Waals surface area contributed by atoms with Crippen molar-refractivity contribution in [3.05, 3.63) is 12.2 Å². The fourth-order valence-electron chi connectivity index (χ4n) is 9.79. The van der Waals surface area contributed by atoms with Gasteiger partial charge in [-0.3, -0.25) is 9.59 Å². The van der Waals surface area contributed by atoms with Crippen LogP contribution < -0.4 is 5.32 Å². The molecule has 11 nitrogen and oxygen atoms in total. The summed E-state index contributed by atoms with van der Waals surface area (Å²) in [6.45, 7) is 4.33. The van der Waals surface area contributed by atoms with Crippen LogP contribution in [0, 0.1) is 0 Å². The third kappa shape index (κ3) is 40.4. The van der Waals surface area contributed by atoms with Crippen molar-refractivity contribution in [2.75, 3.05) is 19.8 Å². The Kier molecular flexibility index (Phi) is 48.0.